The van der Waals surface area contributed by atoms with Crippen LogP contribution in [0.25, 0.3) is 0 Å². The Morgan fingerprint density at radius 2 is 1.95 bits per heavy atom. The van der Waals surface area contributed by atoms with E-state index in [1.165, 1.54) is 11.1 Å². The van der Waals surface area contributed by atoms with Crippen LogP contribution < -0.4 is 5.32 Å². The number of piperidine rings is 1. The molecule has 0 aromatic heterocycles. The van der Waals surface area contributed by atoms with Gasteiger partial charge in [0.15, 0.2) is 0 Å². The molecule has 0 aliphatic carbocycles. The van der Waals surface area contributed by atoms with Crippen LogP contribution in [0, 0.1) is 5.92 Å². The molecule has 3 rings (SSSR count). The molecule has 2 aliphatic rings. The lowest BCUT2D eigenvalue weighted by Gasteiger charge is -2.36. The van der Waals surface area contributed by atoms with Gasteiger partial charge < -0.3 is 15.3 Å². The van der Waals surface area contributed by atoms with Crippen LogP contribution >= 0.6 is 0 Å². The zero-order chi connectivity index (χ0) is 14.8. The molecule has 4 nitrogen and oxygen atoms in total. The molecule has 1 aromatic carbocycles. The van der Waals surface area contributed by atoms with E-state index in [0.29, 0.717) is 5.92 Å². The summed E-state index contributed by atoms with van der Waals surface area (Å²) >= 11 is 0. The van der Waals surface area contributed by atoms with Gasteiger partial charge >= 0.3 is 0 Å². The predicted molar refractivity (Wildman–Crippen MR) is 81.8 cm³/mol. The van der Waals surface area contributed by atoms with E-state index >= 15 is 0 Å². The summed E-state index contributed by atoms with van der Waals surface area (Å²) in [5, 5.41) is 13.0. The van der Waals surface area contributed by atoms with Crippen LogP contribution in [0.3, 0.4) is 0 Å². The van der Waals surface area contributed by atoms with Crippen molar-refractivity contribution in [2.24, 2.45) is 5.92 Å². The monoisotopic (exact) mass is 288 g/mol. The molecule has 2 atom stereocenters. The van der Waals surface area contributed by atoms with E-state index < -0.39 is 0 Å². The minimum Gasteiger partial charge on any atom is -0.393 e. The van der Waals surface area contributed by atoms with Crippen LogP contribution in [-0.4, -0.2) is 41.1 Å². The van der Waals surface area contributed by atoms with Crippen molar-refractivity contribution in [3.05, 3.63) is 35.4 Å². The number of carbonyl (C=O) groups is 1. The van der Waals surface area contributed by atoms with Crippen LogP contribution in [0.15, 0.2) is 24.3 Å². The standard InChI is InChI=1S/C17H24N2O2/c1-12(20)13-6-8-19(9-7-13)17(21)16-10-14-4-2-3-5-15(14)11-18-16/h2-5,12-13,16,18,20H,6-11H2,1H3/t12?,16-/m0/s1. The third-order valence-corrected chi connectivity index (χ3v) is 4.91. The van der Waals surface area contributed by atoms with Crippen molar-refractivity contribution in [3.63, 3.8) is 0 Å². The molecule has 1 unspecified atom stereocenters. The quantitative estimate of drug-likeness (QED) is 0.863. The van der Waals surface area contributed by atoms with Crippen molar-refractivity contribution in [2.45, 2.75) is 44.9 Å². The Morgan fingerprint density at radius 3 is 2.62 bits per heavy atom. The van der Waals surface area contributed by atoms with E-state index in [9.17, 15) is 9.90 Å². The minimum atomic E-state index is -0.262. The van der Waals surface area contributed by atoms with E-state index in [1.807, 2.05) is 24.0 Å². The number of hydrogen-bond donors (Lipinski definition) is 2. The van der Waals surface area contributed by atoms with Crippen LogP contribution in [0.4, 0.5) is 0 Å². The molecule has 114 valence electrons. The van der Waals surface area contributed by atoms with Gasteiger partial charge in [0.25, 0.3) is 0 Å². The van der Waals surface area contributed by atoms with Crippen molar-refractivity contribution in [1.82, 2.24) is 10.2 Å². The molecular formula is C17H24N2O2. The molecule has 2 N–H and O–H groups in total. The highest BCUT2D eigenvalue weighted by Crippen LogP contribution is 2.23. The van der Waals surface area contributed by atoms with Crippen molar-refractivity contribution in [2.75, 3.05) is 13.1 Å². The summed E-state index contributed by atoms with van der Waals surface area (Å²) in [5.74, 6) is 0.558. The second-order valence-electron chi connectivity index (χ2n) is 6.31. The number of rotatable bonds is 2. The summed E-state index contributed by atoms with van der Waals surface area (Å²) < 4.78 is 0. The van der Waals surface area contributed by atoms with E-state index in [1.54, 1.807) is 0 Å². The molecule has 21 heavy (non-hydrogen) atoms. The number of aliphatic hydroxyl groups excluding tert-OH is 1. The lowest BCUT2D eigenvalue weighted by Crippen LogP contribution is -2.52. The highest BCUT2D eigenvalue weighted by atomic mass is 16.3. The average Bonchev–Trinajstić information content (AvgIpc) is 2.54. The highest BCUT2D eigenvalue weighted by Gasteiger charge is 2.31. The van der Waals surface area contributed by atoms with Gasteiger partial charge in [-0.2, -0.15) is 0 Å². The zero-order valence-corrected chi connectivity index (χ0v) is 12.6. The Hall–Kier alpha value is -1.39. The van der Waals surface area contributed by atoms with Crippen LogP contribution in [0.2, 0.25) is 0 Å². The first kappa shape index (κ1) is 14.5. The van der Waals surface area contributed by atoms with Gasteiger partial charge in [-0.15, -0.1) is 0 Å². The van der Waals surface area contributed by atoms with Gasteiger partial charge in [-0.25, -0.2) is 0 Å². The number of nitrogens with zero attached hydrogens (tertiary/aromatic N) is 1. The molecule has 1 amide bonds. The van der Waals surface area contributed by atoms with E-state index in [2.05, 4.69) is 17.4 Å². The minimum absolute atomic E-state index is 0.0944. The van der Waals surface area contributed by atoms with E-state index in [4.69, 9.17) is 0 Å². The summed E-state index contributed by atoms with van der Waals surface area (Å²) in [7, 11) is 0. The Bertz CT molecular complexity index is 507. The van der Waals surface area contributed by atoms with Crippen molar-refractivity contribution in [1.29, 1.82) is 0 Å². The van der Waals surface area contributed by atoms with Gasteiger partial charge in [0.2, 0.25) is 5.91 Å². The molecular weight excluding hydrogens is 264 g/mol. The van der Waals surface area contributed by atoms with Crippen LogP contribution in [0.1, 0.15) is 30.9 Å². The molecule has 2 heterocycles. The fraction of sp³-hybridized carbons (Fsp3) is 0.588. The van der Waals surface area contributed by atoms with Gasteiger partial charge in [-0.3, -0.25) is 4.79 Å². The van der Waals surface area contributed by atoms with Gasteiger partial charge in [-0.1, -0.05) is 24.3 Å². The maximum absolute atomic E-state index is 12.6. The van der Waals surface area contributed by atoms with E-state index in [0.717, 1.165) is 38.9 Å². The Balaban J connectivity index is 1.60. The van der Waals surface area contributed by atoms with Gasteiger partial charge in [0, 0.05) is 19.6 Å². The molecule has 0 spiro atoms. The fourth-order valence-corrected chi connectivity index (χ4v) is 3.45. The number of benzene rings is 1. The summed E-state index contributed by atoms with van der Waals surface area (Å²) in [6, 6.07) is 8.24. The topological polar surface area (TPSA) is 52.6 Å². The molecule has 1 saturated heterocycles. The van der Waals surface area contributed by atoms with Crippen molar-refractivity contribution >= 4 is 5.91 Å². The largest absolute Gasteiger partial charge is 0.393 e. The van der Waals surface area contributed by atoms with Crippen molar-refractivity contribution in [3.8, 4) is 0 Å². The second-order valence-corrected chi connectivity index (χ2v) is 6.31. The predicted octanol–water partition coefficient (Wildman–Crippen LogP) is 1.32. The molecule has 1 aromatic rings. The lowest BCUT2D eigenvalue weighted by molar-refractivity contribution is -0.135. The first-order valence-electron chi connectivity index (χ1n) is 7.92. The third-order valence-electron chi connectivity index (χ3n) is 4.91. The van der Waals surface area contributed by atoms with Crippen LogP contribution in [-0.2, 0) is 17.8 Å². The summed E-state index contributed by atoms with van der Waals surface area (Å²) in [6.45, 7) is 4.17. The fourth-order valence-electron chi connectivity index (χ4n) is 3.45. The normalized spacial score (nSPS) is 24.5. The molecule has 0 radical (unpaired) electrons. The Labute approximate surface area is 126 Å². The number of aliphatic hydroxyl groups is 1. The summed E-state index contributed by atoms with van der Waals surface area (Å²) in [6.07, 6.45) is 2.34. The van der Waals surface area contributed by atoms with Crippen molar-refractivity contribution < 1.29 is 9.90 Å². The highest BCUT2D eigenvalue weighted by molar-refractivity contribution is 5.82. The summed E-state index contributed by atoms with van der Waals surface area (Å²) in [4.78, 5) is 14.6. The van der Waals surface area contributed by atoms with E-state index in [-0.39, 0.29) is 18.1 Å². The molecule has 4 heteroatoms. The number of nitrogens with one attached hydrogen (secondary N) is 1. The average molecular weight is 288 g/mol. The van der Waals surface area contributed by atoms with Crippen LogP contribution in [0.5, 0.6) is 0 Å². The number of likely N-dealkylation sites (tertiary alicyclic amines) is 1. The molecule has 2 aliphatic heterocycles. The Kier molecular flexibility index (Phi) is 4.27. The van der Waals surface area contributed by atoms with Gasteiger partial charge in [-0.05, 0) is 43.2 Å². The SMILES string of the molecule is CC(O)C1CCN(C(=O)[C@@H]2Cc3ccccc3CN2)CC1. The third kappa shape index (κ3) is 3.11. The first-order chi connectivity index (χ1) is 10.1. The number of carbonyl (C=O) groups excluding carboxylic acids is 1. The van der Waals surface area contributed by atoms with Gasteiger partial charge in [0.1, 0.15) is 0 Å². The maximum atomic E-state index is 12.6. The molecule has 0 bridgehead atoms. The number of fused-ring (bicyclic) bond motifs is 1. The smallest absolute Gasteiger partial charge is 0.240 e. The number of amides is 1. The Morgan fingerprint density at radius 1 is 1.29 bits per heavy atom. The molecule has 0 saturated carbocycles. The maximum Gasteiger partial charge on any atom is 0.240 e. The lowest BCUT2D eigenvalue weighted by atomic mass is 9.90. The van der Waals surface area contributed by atoms with Gasteiger partial charge in [0.05, 0.1) is 12.1 Å². The second kappa shape index (κ2) is 6.16. The summed E-state index contributed by atoms with van der Waals surface area (Å²) in [5.41, 5.74) is 2.59. The molecule has 1 fully saturated rings. The zero-order valence-electron chi connectivity index (χ0n) is 12.6. The number of hydrogen-bond acceptors (Lipinski definition) is 3. The first-order valence-corrected chi connectivity index (χ1v) is 7.92.